The summed E-state index contributed by atoms with van der Waals surface area (Å²) < 4.78 is 56.1. The second-order valence-corrected chi connectivity index (χ2v) is 12.8. The van der Waals surface area contributed by atoms with Crippen LogP contribution in [0, 0.1) is 13.8 Å². The molecule has 0 radical (unpaired) electrons. The first-order valence-corrected chi connectivity index (χ1v) is 16.1. The largest absolute Gasteiger partial charge is 0.756 e. The van der Waals surface area contributed by atoms with Crippen LogP contribution < -0.4 is 27.4 Å². The van der Waals surface area contributed by atoms with Crippen LogP contribution in [0.25, 0.3) is 0 Å². The molecule has 2 aliphatic rings. The second-order valence-electron chi connectivity index (χ2n) is 10.2. The summed E-state index contributed by atoms with van der Waals surface area (Å²) in [7, 11) is -10.7. The number of aromatic nitrogens is 4. The summed E-state index contributed by atoms with van der Waals surface area (Å²) in [6.45, 7) is 1.60. The molecule has 4 heterocycles. The summed E-state index contributed by atoms with van der Waals surface area (Å²) in [6, 6.07) is 0. The van der Waals surface area contributed by atoms with Crippen molar-refractivity contribution in [3.63, 3.8) is 0 Å². The molecule has 2 aromatic rings. The Morgan fingerprint density at radius 1 is 0.870 bits per heavy atom. The number of phosphoric acid groups is 2. The van der Waals surface area contributed by atoms with Crippen LogP contribution in [0.2, 0.25) is 0 Å². The van der Waals surface area contributed by atoms with Crippen LogP contribution in [0.4, 0.5) is 0 Å². The molecule has 2 aromatic heterocycles. The molecule has 0 saturated carbocycles. The van der Waals surface area contributed by atoms with Crippen LogP contribution in [0.1, 0.15) is 30.5 Å². The zero-order chi connectivity index (χ0) is 34.3. The minimum Gasteiger partial charge on any atom is -0.756 e. The van der Waals surface area contributed by atoms with Crippen molar-refractivity contribution < 1.29 is 66.6 Å². The van der Waals surface area contributed by atoms with Gasteiger partial charge in [-0.1, -0.05) is 0 Å². The third-order valence-electron chi connectivity index (χ3n) is 6.82. The number of phosphoric ester groups is 2. The lowest BCUT2D eigenvalue weighted by molar-refractivity contribution is -0.222. The Kier molecular flexibility index (Phi) is 10.5. The van der Waals surface area contributed by atoms with Crippen LogP contribution in [-0.2, 0) is 41.7 Å². The first-order valence-electron chi connectivity index (χ1n) is 13.1. The molecule has 0 bridgehead atoms. The number of ether oxygens (including phenoxy) is 3. The Labute approximate surface area is 255 Å². The summed E-state index contributed by atoms with van der Waals surface area (Å²) >= 11 is 0. The predicted octanol–water partition coefficient (Wildman–Crippen LogP) is -3.87. The Hall–Kier alpha value is -3.11. The normalized spacial score (nSPS) is 30.5. The van der Waals surface area contributed by atoms with E-state index in [-0.39, 0.29) is 11.1 Å². The average Bonchev–Trinajstić information content (AvgIpc) is 3.40. The van der Waals surface area contributed by atoms with E-state index in [2.05, 4.69) is 4.52 Å². The van der Waals surface area contributed by atoms with Crippen LogP contribution in [0.5, 0.6) is 0 Å². The van der Waals surface area contributed by atoms with E-state index in [4.69, 9.17) is 28.2 Å². The lowest BCUT2D eigenvalue weighted by Crippen LogP contribution is -2.40. The standard InChI is InChI=1S/C22H30N4O18P2/c1-8-4-25(21(32)23-17(8)30)19-13(28)15(41-10(3)27)11(42-19)7-40-46(37,38)44-16-12(6-39-45(34,35)36)43-20(14(16)29)26-5-9(2)18(31)24-22(26)33/h4-5,11-16,19-20,28-29H,6-7H2,1-3H3,(H,37,38)(H,23,30,32)(H,24,31,33)(H2,34,35,36)/p-1/t11-,12-,13-,14-,15-,16-,19-,20-/m1/s1. The maximum Gasteiger partial charge on any atom is 0.472 e. The van der Waals surface area contributed by atoms with E-state index < -0.39 is 106 Å². The van der Waals surface area contributed by atoms with Crippen molar-refractivity contribution in [1.29, 1.82) is 0 Å². The molecule has 0 amide bonds. The van der Waals surface area contributed by atoms with Gasteiger partial charge >= 0.3 is 25.2 Å². The quantitative estimate of drug-likeness (QED) is 0.0965. The van der Waals surface area contributed by atoms with Gasteiger partial charge in [0.15, 0.2) is 18.6 Å². The van der Waals surface area contributed by atoms with Crippen molar-refractivity contribution in [2.75, 3.05) is 13.2 Å². The highest BCUT2D eigenvalue weighted by Crippen LogP contribution is 2.49. The minimum absolute atomic E-state index is 0.0122. The highest BCUT2D eigenvalue weighted by atomic mass is 31.2. The van der Waals surface area contributed by atoms with E-state index >= 15 is 0 Å². The molecule has 2 unspecified atom stereocenters. The number of aliphatic hydroxyl groups is 2. The van der Waals surface area contributed by atoms with Gasteiger partial charge in [-0.05, 0) is 13.8 Å². The number of carbonyl (C=O) groups excluding carboxylic acids is 1. The number of hydrogen-bond acceptors (Lipinski definition) is 16. The van der Waals surface area contributed by atoms with Crippen LogP contribution in [0.15, 0.2) is 31.6 Å². The van der Waals surface area contributed by atoms with Crippen molar-refractivity contribution in [2.24, 2.45) is 0 Å². The highest BCUT2D eigenvalue weighted by molar-refractivity contribution is 7.47. The van der Waals surface area contributed by atoms with Gasteiger partial charge in [-0.3, -0.25) is 47.1 Å². The Morgan fingerprint density at radius 2 is 1.30 bits per heavy atom. The van der Waals surface area contributed by atoms with E-state index in [0.29, 0.717) is 4.57 Å². The lowest BCUT2D eigenvalue weighted by atomic mass is 10.1. The molecule has 0 spiro atoms. The van der Waals surface area contributed by atoms with Gasteiger partial charge in [-0.2, -0.15) is 0 Å². The van der Waals surface area contributed by atoms with E-state index in [9.17, 15) is 53.1 Å². The third-order valence-corrected chi connectivity index (χ3v) is 8.28. The van der Waals surface area contributed by atoms with Gasteiger partial charge in [0.25, 0.3) is 18.9 Å². The highest BCUT2D eigenvalue weighted by Gasteiger charge is 2.51. The summed E-state index contributed by atoms with van der Waals surface area (Å²) in [5.74, 6) is -0.917. The third kappa shape index (κ3) is 8.05. The molecular formula is C22H29N4O18P2-. The molecule has 24 heteroatoms. The number of rotatable bonds is 11. The fourth-order valence-electron chi connectivity index (χ4n) is 4.70. The average molecular weight is 699 g/mol. The SMILES string of the molecule is CC(=O)O[C@H]1[C@@H](O)[C@H](n2cc(C)c(=O)[nH]c2=O)O[C@@H]1COP(=O)(O)O[C@H]1[C@@H](O)[C@H](n2cc(C)c(=O)[nH]c2=O)O[C@@H]1COP(=O)([O-])O. The number of esters is 1. The second kappa shape index (κ2) is 13.6. The lowest BCUT2D eigenvalue weighted by Gasteiger charge is -2.25. The number of H-pyrrole nitrogens is 2. The topological polar surface area (TPSA) is 320 Å². The van der Waals surface area contributed by atoms with Crippen molar-refractivity contribution in [1.82, 2.24) is 19.1 Å². The van der Waals surface area contributed by atoms with E-state index in [0.717, 1.165) is 23.9 Å². The predicted molar refractivity (Wildman–Crippen MR) is 144 cm³/mol. The molecular weight excluding hydrogens is 670 g/mol. The first-order chi connectivity index (χ1) is 21.3. The summed E-state index contributed by atoms with van der Waals surface area (Å²) in [5, 5.41) is 21.7. The van der Waals surface area contributed by atoms with Gasteiger partial charge in [0.1, 0.15) is 30.5 Å². The Balaban J connectivity index is 1.55. The molecule has 0 aromatic carbocycles. The van der Waals surface area contributed by atoms with Gasteiger partial charge < -0.3 is 43.6 Å². The Morgan fingerprint density at radius 3 is 1.76 bits per heavy atom. The van der Waals surface area contributed by atoms with Gasteiger partial charge in [0, 0.05) is 30.4 Å². The number of aromatic amines is 2. The molecule has 0 aliphatic carbocycles. The molecule has 256 valence electrons. The monoisotopic (exact) mass is 699 g/mol. The van der Waals surface area contributed by atoms with Gasteiger partial charge in [-0.25, -0.2) is 14.2 Å². The maximum atomic E-state index is 13.0. The molecule has 10 atom stereocenters. The minimum atomic E-state index is -5.40. The molecule has 2 aliphatic heterocycles. The first kappa shape index (κ1) is 35.7. The van der Waals surface area contributed by atoms with E-state index in [1.807, 2.05) is 9.97 Å². The summed E-state index contributed by atoms with van der Waals surface area (Å²) in [5.41, 5.74) is -3.53. The summed E-state index contributed by atoms with van der Waals surface area (Å²) in [4.78, 5) is 94.7. The van der Waals surface area contributed by atoms with E-state index in [1.165, 1.54) is 13.8 Å². The maximum absolute atomic E-state index is 13.0. The molecule has 4 rings (SSSR count). The molecule has 46 heavy (non-hydrogen) atoms. The zero-order valence-corrected chi connectivity index (χ0v) is 25.8. The smallest absolute Gasteiger partial charge is 0.472 e. The summed E-state index contributed by atoms with van der Waals surface area (Å²) in [6.07, 6.45) is -11.9. The number of carbonyl (C=O) groups is 1. The number of aliphatic hydroxyl groups excluding tert-OH is 2. The van der Waals surface area contributed by atoms with Crippen molar-refractivity contribution in [2.45, 2.75) is 69.9 Å². The van der Waals surface area contributed by atoms with E-state index in [1.54, 1.807) is 0 Å². The molecule has 22 nitrogen and oxygen atoms in total. The number of nitrogens with one attached hydrogen (secondary N) is 2. The van der Waals surface area contributed by atoms with Crippen LogP contribution in [0.3, 0.4) is 0 Å². The number of nitrogens with zero attached hydrogens (tertiary/aromatic N) is 2. The van der Waals surface area contributed by atoms with Gasteiger partial charge in [0.2, 0.25) is 0 Å². The van der Waals surface area contributed by atoms with Crippen LogP contribution in [-0.4, -0.2) is 94.9 Å². The number of aryl methyl sites for hydroxylation is 2. The van der Waals surface area contributed by atoms with Crippen molar-refractivity contribution >= 4 is 21.6 Å². The van der Waals surface area contributed by atoms with Crippen molar-refractivity contribution in [3.8, 4) is 0 Å². The molecule has 6 N–H and O–H groups in total. The van der Waals surface area contributed by atoms with Gasteiger partial charge in [-0.15, -0.1) is 0 Å². The fraction of sp³-hybridized carbons (Fsp3) is 0.591. The Bertz CT molecular complexity index is 1800. The fourth-order valence-corrected chi connectivity index (χ4v) is 6.00. The van der Waals surface area contributed by atoms with Crippen LogP contribution >= 0.6 is 15.6 Å². The van der Waals surface area contributed by atoms with Gasteiger partial charge in [0.05, 0.1) is 13.2 Å². The zero-order valence-electron chi connectivity index (χ0n) is 24.0. The number of hydrogen-bond donors (Lipinski definition) is 6. The molecule has 2 fully saturated rings. The van der Waals surface area contributed by atoms with Crippen molar-refractivity contribution in [3.05, 3.63) is 65.2 Å². The molecule has 2 saturated heterocycles.